The number of nitrogens with zero attached hydrogens (tertiary/aromatic N) is 2. The van der Waals surface area contributed by atoms with Crippen LogP contribution in [0, 0.1) is 5.82 Å². The van der Waals surface area contributed by atoms with Crippen LogP contribution in [-0.2, 0) is 16.1 Å². The van der Waals surface area contributed by atoms with Gasteiger partial charge in [0.1, 0.15) is 5.82 Å². The minimum Gasteiger partial charge on any atom is -0.463 e. The molecule has 2 heterocycles. The van der Waals surface area contributed by atoms with Crippen molar-refractivity contribution >= 4 is 23.6 Å². The van der Waals surface area contributed by atoms with Crippen LogP contribution in [0.1, 0.15) is 18.5 Å². The minimum absolute atomic E-state index is 0.0344. The highest BCUT2D eigenvalue weighted by atomic mass is 35.5. The number of allylic oxidation sites excluding steroid dienone is 1. The lowest BCUT2D eigenvalue weighted by atomic mass is 9.95. The van der Waals surface area contributed by atoms with E-state index in [0.29, 0.717) is 16.1 Å². The van der Waals surface area contributed by atoms with Gasteiger partial charge in [-0.2, -0.15) is 4.68 Å². The molecule has 2 N–H and O–H groups in total. The summed E-state index contributed by atoms with van der Waals surface area (Å²) in [6.07, 6.45) is 0. The van der Waals surface area contributed by atoms with Crippen molar-refractivity contribution in [2.24, 2.45) is 0 Å². The van der Waals surface area contributed by atoms with Crippen LogP contribution in [0.5, 0.6) is 0 Å². The molecule has 1 aromatic heterocycles. The number of benzene rings is 2. The molecule has 2 amide bonds. The Morgan fingerprint density at radius 3 is 2.55 bits per heavy atom. The molecule has 33 heavy (non-hydrogen) atoms. The van der Waals surface area contributed by atoms with Crippen molar-refractivity contribution in [2.45, 2.75) is 19.5 Å². The number of aromatic nitrogens is 2. The van der Waals surface area contributed by atoms with Crippen LogP contribution in [0.25, 0.3) is 11.5 Å². The number of urea groups is 1. The highest BCUT2D eigenvalue weighted by Crippen LogP contribution is 2.29. The predicted molar refractivity (Wildman–Crippen MR) is 116 cm³/mol. The second-order valence-corrected chi connectivity index (χ2v) is 7.47. The summed E-state index contributed by atoms with van der Waals surface area (Å²) in [5.41, 5.74) is 1.21. The summed E-state index contributed by atoms with van der Waals surface area (Å²) < 4.78 is 24.5. The van der Waals surface area contributed by atoms with Crippen LogP contribution >= 0.6 is 11.6 Å². The third-order valence-corrected chi connectivity index (χ3v) is 5.11. The van der Waals surface area contributed by atoms with Gasteiger partial charge < -0.3 is 19.8 Å². The molecular formula is C22H18ClFN4O5. The molecule has 4 rings (SSSR count). The molecule has 0 saturated carbocycles. The van der Waals surface area contributed by atoms with E-state index in [1.54, 1.807) is 31.2 Å². The summed E-state index contributed by atoms with van der Waals surface area (Å²) in [5.74, 6) is -1.97. The Balaban J connectivity index is 1.75. The quantitative estimate of drug-likeness (QED) is 0.532. The monoisotopic (exact) mass is 472 g/mol. The lowest BCUT2D eigenvalue weighted by Gasteiger charge is -2.29. The van der Waals surface area contributed by atoms with Gasteiger partial charge >= 0.3 is 17.8 Å². The fourth-order valence-electron chi connectivity index (χ4n) is 3.36. The Hall–Kier alpha value is -3.92. The number of carbonyl (C=O) groups is 2. The van der Waals surface area contributed by atoms with Crippen molar-refractivity contribution < 1.29 is 23.1 Å². The number of rotatable bonds is 6. The van der Waals surface area contributed by atoms with Crippen molar-refractivity contribution in [1.82, 2.24) is 20.4 Å². The summed E-state index contributed by atoms with van der Waals surface area (Å²) in [7, 11) is 0. The molecule has 9 nitrogen and oxygen atoms in total. The first kappa shape index (κ1) is 22.3. The van der Waals surface area contributed by atoms with Crippen molar-refractivity contribution in [3.05, 3.63) is 86.8 Å². The molecule has 0 spiro atoms. The second kappa shape index (κ2) is 9.29. The molecule has 1 atom stereocenters. The highest BCUT2D eigenvalue weighted by Gasteiger charge is 2.34. The van der Waals surface area contributed by atoms with Gasteiger partial charge in [0.05, 0.1) is 30.5 Å². The van der Waals surface area contributed by atoms with Gasteiger partial charge in [0, 0.05) is 10.6 Å². The van der Waals surface area contributed by atoms with Crippen LogP contribution < -0.4 is 16.4 Å². The molecule has 170 valence electrons. The van der Waals surface area contributed by atoms with Crippen molar-refractivity contribution in [3.63, 3.8) is 0 Å². The van der Waals surface area contributed by atoms with Crippen LogP contribution in [0.3, 0.4) is 0 Å². The first-order chi connectivity index (χ1) is 15.9. The van der Waals surface area contributed by atoms with Crippen molar-refractivity contribution in [1.29, 1.82) is 0 Å². The molecule has 1 aliphatic rings. The number of hydrogen-bond acceptors (Lipinski definition) is 6. The zero-order chi connectivity index (χ0) is 23.5. The van der Waals surface area contributed by atoms with Gasteiger partial charge in [0.15, 0.2) is 0 Å². The Labute approximate surface area is 191 Å². The zero-order valence-electron chi connectivity index (χ0n) is 17.3. The summed E-state index contributed by atoms with van der Waals surface area (Å²) in [4.78, 5) is 37.6. The molecule has 1 unspecified atom stereocenters. The normalized spacial score (nSPS) is 15.7. The zero-order valence-corrected chi connectivity index (χ0v) is 18.1. The van der Waals surface area contributed by atoms with Gasteiger partial charge in [-0.1, -0.05) is 23.7 Å². The van der Waals surface area contributed by atoms with E-state index in [9.17, 15) is 18.8 Å². The van der Waals surface area contributed by atoms with Crippen molar-refractivity contribution in [3.8, 4) is 11.5 Å². The first-order valence-electron chi connectivity index (χ1n) is 9.92. The maximum Gasteiger partial charge on any atom is 0.437 e. The fraction of sp³-hybridized carbons (Fsp3) is 0.182. The molecule has 0 aliphatic carbocycles. The summed E-state index contributed by atoms with van der Waals surface area (Å²) >= 11 is 5.96. The number of nitrogens with one attached hydrogen (secondary N) is 2. The molecular weight excluding hydrogens is 455 g/mol. The Kier molecular flexibility index (Phi) is 6.27. The van der Waals surface area contributed by atoms with E-state index in [1.165, 1.54) is 24.3 Å². The minimum atomic E-state index is -0.843. The smallest absolute Gasteiger partial charge is 0.437 e. The topological polar surface area (TPSA) is 115 Å². The molecule has 0 saturated heterocycles. The summed E-state index contributed by atoms with van der Waals surface area (Å²) in [5, 5.41) is 9.86. The third kappa shape index (κ3) is 4.80. The van der Waals surface area contributed by atoms with Gasteiger partial charge in [-0.25, -0.2) is 18.8 Å². The second-order valence-electron chi connectivity index (χ2n) is 7.03. The lowest BCUT2D eigenvalue weighted by molar-refractivity contribution is -0.139. The molecule has 11 heteroatoms. The molecule has 1 aliphatic heterocycles. The molecule has 3 aromatic rings. The number of amides is 2. The Morgan fingerprint density at radius 2 is 1.88 bits per heavy atom. The van der Waals surface area contributed by atoms with Crippen LogP contribution in [0.2, 0.25) is 5.02 Å². The maximum atomic E-state index is 13.2. The number of ether oxygens (including phenoxy) is 1. The molecule has 0 fully saturated rings. The van der Waals surface area contributed by atoms with Crippen molar-refractivity contribution in [2.75, 3.05) is 6.61 Å². The third-order valence-electron chi connectivity index (χ3n) is 4.86. The van der Waals surface area contributed by atoms with E-state index < -0.39 is 29.6 Å². The van der Waals surface area contributed by atoms with E-state index in [1.807, 2.05) is 0 Å². The largest absolute Gasteiger partial charge is 0.463 e. The van der Waals surface area contributed by atoms with E-state index in [2.05, 4.69) is 15.7 Å². The van der Waals surface area contributed by atoms with Gasteiger partial charge in [0.2, 0.25) is 5.89 Å². The van der Waals surface area contributed by atoms with Gasteiger partial charge in [0.25, 0.3) is 0 Å². The summed E-state index contributed by atoms with van der Waals surface area (Å²) in [6.45, 7) is 1.49. The number of halogens is 2. The average Bonchev–Trinajstić information content (AvgIpc) is 3.14. The fourth-order valence-corrected chi connectivity index (χ4v) is 3.49. The molecule has 0 bridgehead atoms. The van der Waals surface area contributed by atoms with Crippen LogP contribution in [-0.4, -0.2) is 28.4 Å². The Bertz CT molecular complexity index is 1280. The molecule has 0 radical (unpaired) electrons. The van der Waals surface area contributed by atoms with Crippen LogP contribution in [0.15, 0.2) is 69.0 Å². The summed E-state index contributed by atoms with van der Waals surface area (Å²) in [6, 6.07) is 10.4. The van der Waals surface area contributed by atoms with E-state index in [4.69, 9.17) is 20.8 Å². The van der Waals surface area contributed by atoms with E-state index >= 15 is 0 Å². The van der Waals surface area contributed by atoms with Gasteiger partial charge in [-0.3, -0.25) is 0 Å². The van der Waals surface area contributed by atoms with Gasteiger partial charge in [-0.05, 0) is 48.9 Å². The number of carbonyl (C=O) groups excluding carboxylic acids is 2. The Morgan fingerprint density at radius 1 is 1.18 bits per heavy atom. The standard InChI is InChI=1S/C22H18ClFN4O5/c1-2-32-20(29)17-16(25-21(30)26-18(17)12-3-7-14(23)8-4-12)11-28-22(31)33-19(27-28)13-5-9-15(24)10-6-13/h3-10,18H,2,11H2,1H3,(H2,25,26,30). The van der Waals surface area contributed by atoms with E-state index in [-0.39, 0.29) is 30.3 Å². The number of hydrogen-bond donors (Lipinski definition) is 2. The first-order valence-corrected chi connectivity index (χ1v) is 10.3. The van der Waals surface area contributed by atoms with Gasteiger partial charge in [-0.15, -0.1) is 5.10 Å². The van der Waals surface area contributed by atoms with Crippen LogP contribution in [0.4, 0.5) is 9.18 Å². The molecule has 2 aromatic carbocycles. The highest BCUT2D eigenvalue weighted by molar-refractivity contribution is 6.30. The average molecular weight is 473 g/mol. The SMILES string of the molecule is CCOC(=O)C1=C(Cn2nc(-c3ccc(F)cc3)oc2=O)NC(=O)NC1c1ccc(Cl)cc1. The number of esters is 1. The predicted octanol–water partition coefficient (Wildman–Crippen LogP) is 3.17. The van der Waals surface area contributed by atoms with E-state index in [0.717, 1.165) is 4.68 Å². The lowest BCUT2D eigenvalue weighted by Crippen LogP contribution is -2.47. The maximum absolute atomic E-state index is 13.2.